The molecule has 184 valence electrons. The predicted molar refractivity (Wildman–Crippen MR) is 125 cm³/mol. The van der Waals surface area contributed by atoms with Gasteiger partial charge in [-0.05, 0) is 34.1 Å². The van der Waals surface area contributed by atoms with E-state index in [0.717, 1.165) is 6.07 Å². The van der Waals surface area contributed by atoms with Gasteiger partial charge in [0, 0.05) is 28.3 Å². The fourth-order valence-corrected chi connectivity index (χ4v) is 3.89. The van der Waals surface area contributed by atoms with Crippen molar-refractivity contribution in [3.05, 3.63) is 74.5 Å². The number of nitrogens with zero attached hydrogens (tertiary/aromatic N) is 5. The number of rotatable bonds is 4. The molecule has 0 aliphatic rings. The predicted octanol–water partition coefficient (Wildman–Crippen LogP) is 6.10. The topological polar surface area (TPSA) is 77.1 Å². The molecule has 0 radical (unpaired) electrons. The van der Waals surface area contributed by atoms with Gasteiger partial charge in [-0.25, -0.2) is 13.9 Å². The molecule has 13 heteroatoms. The van der Waals surface area contributed by atoms with Crippen LogP contribution in [0.3, 0.4) is 0 Å². The Morgan fingerprint density at radius 3 is 2.51 bits per heavy atom. The number of carbonyl (C=O) groups excluding carboxylic acids is 1. The van der Waals surface area contributed by atoms with Gasteiger partial charge in [0.15, 0.2) is 17.2 Å². The van der Waals surface area contributed by atoms with Crippen LogP contribution in [-0.4, -0.2) is 30.3 Å². The number of aromatic nitrogens is 5. The summed E-state index contributed by atoms with van der Waals surface area (Å²) in [4.78, 5) is 17.1. The maximum Gasteiger partial charge on any atom is 0.433 e. The normalized spacial score (nSPS) is 12.4. The SMILES string of the molecule is CC(C)(C)c1cc(C(F)(F)F)n2nc(C(=O)Nc3nn(Cc4c(F)cccc4Cl)cc3Br)cc2n1. The zero-order valence-electron chi connectivity index (χ0n) is 18.6. The van der Waals surface area contributed by atoms with Gasteiger partial charge < -0.3 is 5.32 Å². The number of halogens is 6. The minimum absolute atomic E-state index is 0.0111. The third-order valence-corrected chi connectivity index (χ3v) is 5.98. The number of benzene rings is 1. The Balaban J connectivity index is 1.64. The maximum atomic E-state index is 14.1. The molecule has 0 unspecified atom stereocenters. The summed E-state index contributed by atoms with van der Waals surface area (Å²) in [6, 6.07) is 6.38. The lowest BCUT2D eigenvalue weighted by atomic mass is 9.91. The van der Waals surface area contributed by atoms with E-state index in [1.165, 1.54) is 29.1 Å². The zero-order valence-corrected chi connectivity index (χ0v) is 20.9. The summed E-state index contributed by atoms with van der Waals surface area (Å²) < 4.78 is 57.5. The van der Waals surface area contributed by atoms with Gasteiger partial charge in [0.25, 0.3) is 5.91 Å². The second kappa shape index (κ2) is 8.90. The first-order chi connectivity index (χ1) is 16.2. The molecule has 0 saturated heterocycles. The summed E-state index contributed by atoms with van der Waals surface area (Å²) in [7, 11) is 0. The van der Waals surface area contributed by atoms with Gasteiger partial charge in [0.2, 0.25) is 0 Å². The average molecular weight is 574 g/mol. The van der Waals surface area contributed by atoms with Crippen molar-refractivity contribution in [2.45, 2.75) is 38.9 Å². The molecule has 4 aromatic rings. The van der Waals surface area contributed by atoms with E-state index in [9.17, 15) is 22.4 Å². The fraction of sp³-hybridized carbons (Fsp3) is 0.273. The van der Waals surface area contributed by atoms with E-state index in [1.54, 1.807) is 26.8 Å². The quantitative estimate of drug-likeness (QED) is 0.300. The summed E-state index contributed by atoms with van der Waals surface area (Å²) in [5.74, 6) is -1.24. The Labute approximate surface area is 210 Å². The van der Waals surface area contributed by atoms with Crippen LogP contribution < -0.4 is 5.32 Å². The molecule has 0 spiro atoms. The van der Waals surface area contributed by atoms with Crippen LogP contribution in [0.4, 0.5) is 23.4 Å². The van der Waals surface area contributed by atoms with Crippen LogP contribution in [0.25, 0.3) is 5.65 Å². The summed E-state index contributed by atoms with van der Waals surface area (Å²) in [6.07, 6.45) is -3.21. The van der Waals surface area contributed by atoms with Crippen molar-refractivity contribution in [2.75, 3.05) is 5.32 Å². The van der Waals surface area contributed by atoms with Crippen LogP contribution in [0.1, 0.15) is 48.2 Å². The Morgan fingerprint density at radius 1 is 1.17 bits per heavy atom. The first-order valence-corrected chi connectivity index (χ1v) is 11.4. The second-order valence-electron chi connectivity index (χ2n) is 8.75. The Hall–Kier alpha value is -2.99. The molecule has 1 N–H and O–H groups in total. The van der Waals surface area contributed by atoms with E-state index in [4.69, 9.17) is 11.6 Å². The van der Waals surface area contributed by atoms with Crippen molar-refractivity contribution in [2.24, 2.45) is 0 Å². The van der Waals surface area contributed by atoms with E-state index in [1.807, 2.05) is 0 Å². The minimum Gasteiger partial charge on any atom is -0.303 e. The molecule has 1 aromatic carbocycles. The zero-order chi connectivity index (χ0) is 25.7. The molecule has 35 heavy (non-hydrogen) atoms. The first-order valence-electron chi connectivity index (χ1n) is 10.2. The Kier molecular flexibility index (Phi) is 6.39. The monoisotopic (exact) mass is 572 g/mol. The smallest absolute Gasteiger partial charge is 0.303 e. The molecule has 4 rings (SSSR count). The van der Waals surface area contributed by atoms with Gasteiger partial charge in [-0.1, -0.05) is 38.4 Å². The highest BCUT2D eigenvalue weighted by atomic mass is 79.9. The van der Waals surface area contributed by atoms with Gasteiger partial charge in [-0.15, -0.1) is 0 Å². The lowest BCUT2D eigenvalue weighted by molar-refractivity contribution is -0.142. The highest BCUT2D eigenvalue weighted by Gasteiger charge is 2.36. The van der Waals surface area contributed by atoms with E-state index in [0.29, 0.717) is 8.99 Å². The highest BCUT2D eigenvalue weighted by molar-refractivity contribution is 9.10. The summed E-state index contributed by atoms with van der Waals surface area (Å²) in [5, 5.41) is 10.7. The largest absolute Gasteiger partial charge is 0.433 e. The number of hydrogen-bond donors (Lipinski definition) is 1. The van der Waals surface area contributed by atoms with Crippen molar-refractivity contribution >= 4 is 44.9 Å². The van der Waals surface area contributed by atoms with Crippen LogP contribution in [-0.2, 0) is 18.1 Å². The van der Waals surface area contributed by atoms with Crippen LogP contribution in [0, 0.1) is 5.82 Å². The molecule has 0 saturated carbocycles. The third kappa shape index (κ3) is 5.18. The van der Waals surface area contributed by atoms with E-state index >= 15 is 0 Å². The van der Waals surface area contributed by atoms with Gasteiger partial charge in [0.05, 0.1) is 16.7 Å². The lowest BCUT2D eigenvalue weighted by Gasteiger charge is -2.19. The number of anilines is 1. The molecule has 3 heterocycles. The van der Waals surface area contributed by atoms with Crippen LogP contribution in [0.5, 0.6) is 0 Å². The number of hydrogen-bond acceptors (Lipinski definition) is 4. The molecule has 0 fully saturated rings. The number of alkyl halides is 3. The summed E-state index contributed by atoms with van der Waals surface area (Å²) in [5.41, 5.74) is -1.69. The number of nitrogens with one attached hydrogen (secondary N) is 1. The fourth-order valence-electron chi connectivity index (χ4n) is 3.25. The van der Waals surface area contributed by atoms with Gasteiger partial charge in [-0.2, -0.15) is 23.4 Å². The molecule has 0 atom stereocenters. The Morgan fingerprint density at radius 2 is 1.89 bits per heavy atom. The average Bonchev–Trinajstić information content (AvgIpc) is 3.32. The molecule has 7 nitrogen and oxygen atoms in total. The van der Waals surface area contributed by atoms with Crippen molar-refractivity contribution in [3.8, 4) is 0 Å². The molecule has 0 bridgehead atoms. The molecule has 1 amide bonds. The van der Waals surface area contributed by atoms with E-state index in [2.05, 4.69) is 36.4 Å². The minimum atomic E-state index is -4.71. The van der Waals surface area contributed by atoms with Crippen molar-refractivity contribution < 1.29 is 22.4 Å². The van der Waals surface area contributed by atoms with Crippen molar-refractivity contribution in [1.29, 1.82) is 0 Å². The van der Waals surface area contributed by atoms with Gasteiger partial charge in [0.1, 0.15) is 11.5 Å². The number of carbonyl (C=O) groups is 1. The van der Waals surface area contributed by atoms with Gasteiger partial charge >= 0.3 is 6.18 Å². The van der Waals surface area contributed by atoms with Crippen LogP contribution in [0.2, 0.25) is 5.02 Å². The van der Waals surface area contributed by atoms with E-state index < -0.39 is 29.0 Å². The first kappa shape index (κ1) is 25.1. The number of fused-ring (bicyclic) bond motifs is 1. The summed E-state index contributed by atoms with van der Waals surface area (Å²) in [6.45, 7) is 5.19. The highest BCUT2D eigenvalue weighted by Crippen LogP contribution is 2.33. The molecular formula is C22H18BrClF4N6O. The second-order valence-corrected chi connectivity index (χ2v) is 10.0. The molecule has 0 aliphatic carbocycles. The van der Waals surface area contributed by atoms with Crippen LogP contribution in [0.15, 0.2) is 41.0 Å². The van der Waals surface area contributed by atoms with E-state index in [-0.39, 0.29) is 40.0 Å². The standard InChI is InChI=1S/C22H18BrClF4N6O/c1-21(2,3)16-8-17(22(26,27)28)34-18(29-16)7-15(31-34)20(35)30-19-12(23)10-33(32-19)9-11-13(24)5-4-6-14(11)25/h4-8,10H,9H2,1-3H3,(H,30,32,35). The van der Waals surface area contributed by atoms with Crippen molar-refractivity contribution in [3.63, 3.8) is 0 Å². The molecule has 0 aliphatic heterocycles. The summed E-state index contributed by atoms with van der Waals surface area (Å²) >= 11 is 9.31. The Bertz CT molecular complexity index is 1420. The number of amides is 1. The molecule has 3 aromatic heterocycles. The third-order valence-electron chi connectivity index (χ3n) is 5.05. The lowest BCUT2D eigenvalue weighted by Crippen LogP contribution is -2.20. The van der Waals surface area contributed by atoms with Crippen molar-refractivity contribution in [1.82, 2.24) is 24.4 Å². The molecular weight excluding hydrogens is 556 g/mol. The maximum absolute atomic E-state index is 14.1. The van der Waals surface area contributed by atoms with Gasteiger partial charge in [-0.3, -0.25) is 9.48 Å². The van der Waals surface area contributed by atoms with Crippen LogP contribution >= 0.6 is 27.5 Å².